The van der Waals surface area contributed by atoms with Gasteiger partial charge in [-0.15, -0.1) is 6.42 Å². The van der Waals surface area contributed by atoms with Crippen LogP contribution in [0.3, 0.4) is 0 Å². The van der Waals surface area contributed by atoms with E-state index in [1.165, 1.54) is 7.05 Å². The molecule has 4 bridgehead atoms. The Balaban J connectivity index is 2.04. The van der Waals surface area contributed by atoms with Crippen molar-refractivity contribution in [2.75, 3.05) is 26.7 Å². The number of fused-ring (bicyclic) bond motifs is 3. The Morgan fingerprint density at radius 1 is 1.09 bits per heavy atom. The summed E-state index contributed by atoms with van der Waals surface area (Å²) in [7, 11) is 1.28. The zero-order valence-corrected chi connectivity index (χ0v) is 18.3. The normalized spacial score (nSPS) is 21.7. The first-order valence-electron chi connectivity index (χ1n) is 10.5. The van der Waals surface area contributed by atoms with Gasteiger partial charge in [-0.1, -0.05) is 5.92 Å². The molecule has 5 aliphatic rings. The highest BCUT2D eigenvalue weighted by Gasteiger charge is 2.49. The number of esters is 3. The van der Waals surface area contributed by atoms with Gasteiger partial charge in [0.25, 0.3) is 0 Å². The molecule has 1 aromatic rings. The summed E-state index contributed by atoms with van der Waals surface area (Å²) in [6.45, 7) is 1.24. The highest BCUT2D eigenvalue weighted by atomic mass is 16.6. The van der Waals surface area contributed by atoms with Crippen molar-refractivity contribution in [2.24, 2.45) is 0 Å². The standard InChI is InChI=1S/C22H22N2O10/c1-3-8-30-17-15-12(11-24-6-4-5-7-24)16-18(19(17)34-21(28)23-2)33-20(27)22(29,9-13(25)31-15)10-14(26)32-16/h1,29H,4-11H2,2H3,(H,23,28). The van der Waals surface area contributed by atoms with Gasteiger partial charge in [0, 0.05) is 13.6 Å². The van der Waals surface area contributed by atoms with Crippen LogP contribution in [0.4, 0.5) is 4.79 Å². The Kier molecular flexibility index (Phi) is 6.32. The third-order valence-electron chi connectivity index (χ3n) is 5.53. The molecule has 0 radical (unpaired) electrons. The molecule has 0 aromatic heterocycles. The largest absolute Gasteiger partial charge is 0.473 e. The molecule has 2 N–H and O–H groups in total. The van der Waals surface area contributed by atoms with Crippen LogP contribution >= 0.6 is 0 Å². The molecule has 6 rings (SSSR count). The van der Waals surface area contributed by atoms with Crippen LogP contribution in [-0.2, 0) is 20.9 Å². The Hall–Kier alpha value is -3.82. The van der Waals surface area contributed by atoms with Crippen LogP contribution in [0.25, 0.3) is 0 Å². The Morgan fingerprint density at radius 2 is 1.74 bits per heavy atom. The van der Waals surface area contributed by atoms with E-state index in [9.17, 15) is 24.3 Å². The molecule has 5 heterocycles. The number of carbonyl (C=O) groups excluding carboxylic acids is 4. The second-order valence-corrected chi connectivity index (χ2v) is 7.96. The van der Waals surface area contributed by atoms with Crippen molar-refractivity contribution in [1.82, 2.24) is 10.2 Å². The van der Waals surface area contributed by atoms with Gasteiger partial charge in [0.2, 0.25) is 17.2 Å². The van der Waals surface area contributed by atoms with Gasteiger partial charge in [-0.05, 0) is 25.9 Å². The SMILES string of the molecule is C#CCOc1c2c(CN3CCCC3)c3c(c1OC(=O)NC)OC(=O)C(O)(CC(=O)O2)CC(=O)O3. The van der Waals surface area contributed by atoms with Crippen molar-refractivity contribution >= 4 is 24.0 Å². The smallest absolute Gasteiger partial charge is 0.412 e. The van der Waals surface area contributed by atoms with Crippen molar-refractivity contribution < 1.29 is 48.0 Å². The topological polar surface area (TPSA) is 150 Å². The summed E-state index contributed by atoms with van der Waals surface area (Å²) in [5.41, 5.74) is -2.40. The summed E-state index contributed by atoms with van der Waals surface area (Å²) in [6, 6.07) is 0. The number of terminal acetylenes is 1. The van der Waals surface area contributed by atoms with Crippen LogP contribution in [0.2, 0.25) is 0 Å². The van der Waals surface area contributed by atoms with Gasteiger partial charge in [-0.3, -0.25) is 14.5 Å². The van der Waals surface area contributed by atoms with E-state index >= 15 is 0 Å². The predicted molar refractivity (Wildman–Crippen MR) is 111 cm³/mol. The van der Waals surface area contributed by atoms with E-state index in [4.69, 9.17) is 30.1 Å². The molecule has 1 amide bonds. The summed E-state index contributed by atoms with van der Waals surface area (Å²) in [4.78, 5) is 52.5. The number of nitrogens with zero attached hydrogens (tertiary/aromatic N) is 1. The molecular weight excluding hydrogens is 452 g/mol. The first-order valence-corrected chi connectivity index (χ1v) is 10.5. The number of carbonyl (C=O) groups is 4. The minimum Gasteiger partial charge on any atom is -0.473 e. The number of amides is 1. The summed E-state index contributed by atoms with van der Waals surface area (Å²) < 4.78 is 27.3. The molecule has 1 aromatic carbocycles. The number of benzene rings is 1. The van der Waals surface area contributed by atoms with Crippen molar-refractivity contribution in [3.8, 4) is 41.1 Å². The molecule has 0 aliphatic carbocycles. The van der Waals surface area contributed by atoms with Gasteiger partial charge in [0.1, 0.15) is 6.61 Å². The fourth-order valence-electron chi connectivity index (χ4n) is 3.96. The van der Waals surface area contributed by atoms with Crippen molar-refractivity contribution in [3.05, 3.63) is 5.56 Å². The molecule has 1 atom stereocenters. The first-order chi connectivity index (χ1) is 16.3. The van der Waals surface area contributed by atoms with Crippen LogP contribution in [0, 0.1) is 12.3 Å². The summed E-state index contributed by atoms with van der Waals surface area (Å²) >= 11 is 0. The fourth-order valence-corrected chi connectivity index (χ4v) is 3.96. The van der Waals surface area contributed by atoms with Gasteiger partial charge in [-0.25, -0.2) is 9.59 Å². The lowest BCUT2D eigenvalue weighted by Gasteiger charge is -2.32. The number of nitrogens with one attached hydrogen (secondary N) is 1. The van der Waals surface area contributed by atoms with E-state index in [1.54, 1.807) is 0 Å². The molecule has 1 saturated heterocycles. The second kappa shape index (κ2) is 9.20. The van der Waals surface area contributed by atoms with Crippen LogP contribution in [0.5, 0.6) is 28.7 Å². The maximum absolute atomic E-state index is 12.9. The zero-order chi connectivity index (χ0) is 24.5. The maximum atomic E-state index is 12.9. The molecule has 1 unspecified atom stereocenters. The minimum absolute atomic E-state index is 0.132. The number of hydrogen-bond donors (Lipinski definition) is 2. The van der Waals surface area contributed by atoms with Crippen LogP contribution in [0.15, 0.2) is 0 Å². The highest BCUT2D eigenvalue weighted by molar-refractivity contribution is 5.96. The zero-order valence-electron chi connectivity index (χ0n) is 18.3. The number of likely N-dealkylation sites (tertiary alicyclic amines) is 1. The summed E-state index contributed by atoms with van der Waals surface area (Å²) in [5, 5.41) is 13.0. The lowest BCUT2D eigenvalue weighted by atomic mass is 9.94. The lowest BCUT2D eigenvalue weighted by Crippen LogP contribution is -2.48. The molecule has 0 saturated carbocycles. The molecule has 180 valence electrons. The second-order valence-electron chi connectivity index (χ2n) is 7.96. The van der Waals surface area contributed by atoms with Crippen LogP contribution in [0.1, 0.15) is 31.2 Å². The lowest BCUT2D eigenvalue weighted by molar-refractivity contribution is -0.169. The monoisotopic (exact) mass is 474 g/mol. The molecular formula is C22H22N2O10. The molecule has 0 spiro atoms. The van der Waals surface area contributed by atoms with Crippen LogP contribution < -0.4 is 29.0 Å². The van der Waals surface area contributed by atoms with Gasteiger partial charge in [-0.2, -0.15) is 0 Å². The predicted octanol–water partition coefficient (Wildman–Crippen LogP) is 0.267. The number of hydrogen-bond acceptors (Lipinski definition) is 11. The quantitative estimate of drug-likeness (QED) is 0.344. The Morgan fingerprint density at radius 3 is 2.35 bits per heavy atom. The molecule has 12 nitrogen and oxygen atoms in total. The maximum Gasteiger partial charge on any atom is 0.412 e. The average molecular weight is 474 g/mol. The number of aliphatic hydroxyl groups is 1. The molecule has 12 heteroatoms. The first kappa shape index (κ1) is 23.3. The van der Waals surface area contributed by atoms with E-state index in [1.807, 2.05) is 4.90 Å². The van der Waals surface area contributed by atoms with Crippen molar-refractivity contribution in [1.29, 1.82) is 0 Å². The van der Waals surface area contributed by atoms with Gasteiger partial charge < -0.3 is 34.1 Å². The Bertz CT molecular complexity index is 1100. The average Bonchev–Trinajstić information content (AvgIpc) is 3.29. The highest BCUT2D eigenvalue weighted by Crippen LogP contribution is 2.56. The van der Waals surface area contributed by atoms with Crippen molar-refractivity contribution in [2.45, 2.75) is 37.8 Å². The Labute approximate surface area is 194 Å². The van der Waals surface area contributed by atoms with Crippen molar-refractivity contribution in [3.63, 3.8) is 0 Å². The van der Waals surface area contributed by atoms with E-state index in [0.29, 0.717) is 13.1 Å². The van der Waals surface area contributed by atoms with E-state index in [0.717, 1.165) is 12.8 Å². The summed E-state index contributed by atoms with van der Waals surface area (Å²) in [6.07, 6.45) is 4.45. The fraction of sp³-hybridized carbons (Fsp3) is 0.455. The van der Waals surface area contributed by atoms with Gasteiger partial charge >= 0.3 is 24.0 Å². The minimum atomic E-state index is -2.56. The number of rotatable bonds is 5. The van der Waals surface area contributed by atoms with E-state index in [-0.39, 0.29) is 36.0 Å². The molecule has 1 fully saturated rings. The molecule has 5 aliphatic heterocycles. The van der Waals surface area contributed by atoms with E-state index < -0.39 is 53.9 Å². The van der Waals surface area contributed by atoms with E-state index in [2.05, 4.69) is 11.2 Å². The van der Waals surface area contributed by atoms with Gasteiger partial charge in [0.05, 0.1) is 18.4 Å². The number of ether oxygens (including phenoxy) is 5. The summed E-state index contributed by atoms with van der Waals surface area (Å²) in [5.74, 6) is -2.91. The third kappa shape index (κ3) is 4.35. The van der Waals surface area contributed by atoms with Crippen LogP contribution in [-0.4, -0.2) is 66.4 Å². The van der Waals surface area contributed by atoms with Gasteiger partial charge in [0.15, 0.2) is 17.1 Å². The third-order valence-corrected chi connectivity index (χ3v) is 5.53. The molecule has 34 heavy (non-hydrogen) atoms.